The van der Waals surface area contributed by atoms with Gasteiger partial charge in [0, 0.05) is 28.3 Å². The molecule has 0 aliphatic carbocycles. The van der Waals surface area contributed by atoms with Gasteiger partial charge in [0.15, 0.2) is 5.78 Å². The number of fused-ring (bicyclic) bond motifs is 1. The van der Waals surface area contributed by atoms with E-state index < -0.39 is 0 Å². The molecule has 2 aliphatic heterocycles. The van der Waals surface area contributed by atoms with Crippen molar-refractivity contribution in [1.82, 2.24) is 16.2 Å². The van der Waals surface area contributed by atoms with Crippen molar-refractivity contribution < 1.29 is 9.59 Å². The molecule has 26 heavy (non-hydrogen) atoms. The van der Waals surface area contributed by atoms with Crippen LogP contribution in [0.1, 0.15) is 33.9 Å². The Morgan fingerprint density at radius 1 is 1.04 bits per heavy atom. The third-order valence-corrected chi connectivity index (χ3v) is 5.78. The van der Waals surface area contributed by atoms with Crippen LogP contribution in [0.25, 0.3) is 0 Å². The number of aryl methyl sites for hydroxylation is 1. The number of hydrogen-bond donors (Lipinski definition) is 3. The van der Waals surface area contributed by atoms with Crippen molar-refractivity contribution >= 4 is 27.6 Å². The van der Waals surface area contributed by atoms with Gasteiger partial charge in [-0.05, 0) is 24.6 Å². The van der Waals surface area contributed by atoms with Crippen LogP contribution in [0.4, 0.5) is 0 Å². The molecule has 4 rings (SSSR count). The summed E-state index contributed by atoms with van der Waals surface area (Å²) >= 11 is 3.40. The fourth-order valence-electron chi connectivity index (χ4n) is 3.90. The minimum absolute atomic E-state index is 0.0185. The van der Waals surface area contributed by atoms with Gasteiger partial charge in [-0.2, -0.15) is 0 Å². The Hall–Kier alpha value is -2.02. The molecule has 0 radical (unpaired) electrons. The van der Waals surface area contributed by atoms with Crippen molar-refractivity contribution in [1.29, 1.82) is 0 Å². The van der Waals surface area contributed by atoms with E-state index in [1.807, 2.05) is 31.2 Å². The van der Waals surface area contributed by atoms with Crippen molar-refractivity contribution in [3.8, 4) is 0 Å². The zero-order valence-corrected chi connectivity index (χ0v) is 15.9. The van der Waals surface area contributed by atoms with Crippen LogP contribution in [0.5, 0.6) is 0 Å². The van der Waals surface area contributed by atoms with E-state index in [0.717, 1.165) is 10.0 Å². The highest BCUT2D eigenvalue weighted by Gasteiger charge is 2.48. The number of hydrazine groups is 1. The van der Waals surface area contributed by atoms with E-state index in [4.69, 9.17) is 0 Å². The zero-order valence-electron chi connectivity index (χ0n) is 14.3. The van der Waals surface area contributed by atoms with E-state index in [2.05, 4.69) is 56.4 Å². The molecule has 2 heterocycles. The number of Topliss-reactive ketones (excluding diaryl/α,β-unsaturated/α-hetero) is 1. The number of piperidine rings is 1. The SMILES string of the molecule is Cc1ccc(C2NNC3NC(=O)CC(C(=O)c4ccc(Br)cc4)C32)cc1. The average Bonchev–Trinajstić information content (AvgIpc) is 3.05. The molecule has 0 aromatic heterocycles. The van der Waals surface area contributed by atoms with Crippen LogP contribution in [-0.2, 0) is 4.79 Å². The molecule has 0 saturated carbocycles. The molecule has 4 atom stereocenters. The van der Waals surface area contributed by atoms with Gasteiger partial charge in [0.1, 0.15) is 0 Å². The molecule has 6 heteroatoms. The normalized spacial score (nSPS) is 27.7. The van der Waals surface area contributed by atoms with Crippen molar-refractivity contribution in [2.24, 2.45) is 11.8 Å². The van der Waals surface area contributed by atoms with Gasteiger partial charge in [-0.1, -0.05) is 57.9 Å². The van der Waals surface area contributed by atoms with Crippen LogP contribution in [0.3, 0.4) is 0 Å². The lowest BCUT2D eigenvalue weighted by molar-refractivity contribution is -0.125. The van der Waals surface area contributed by atoms with E-state index >= 15 is 0 Å². The van der Waals surface area contributed by atoms with Gasteiger partial charge < -0.3 is 5.32 Å². The van der Waals surface area contributed by atoms with Crippen molar-refractivity contribution in [3.05, 3.63) is 69.7 Å². The van der Waals surface area contributed by atoms with E-state index in [9.17, 15) is 9.59 Å². The highest BCUT2D eigenvalue weighted by Crippen LogP contribution is 2.39. The molecule has 2 aliphatic rings. The summed E-state index contributed by atoms with van der Waals surface area (Å²) in [6.07, 6.45) is -0.0473. The summed E-state index contributed by atoms with van der Waals surface area (Å²) in [5, 5.41) is 2.96. The van der Waals surface area contributed by atoms with Crippen LogP contribution in [0, 0.1) is 18.8 Å². The van der Waals surface area contributed by atoms with Gasteiger partial charge in [0.05, 0.1) is 12.2 Å². The maximum atomic E-state index is 13.2. The molecular formula is C20H20BrN3O2. The zero-order chi connectivity index (χ0) is 18.3. The lowest BCUT2D eigenvalue weighted by Crippen LogP contribution is -2.54. The number of benzene rings is 2. The molecule has 0 spiro atoms. The first-order chi connectivity index (χ1) is 12.5. The molecule has 2 aromatic carbocycles. The number of nitrogens with one attached hydrogen (secondary N) is 3. The molecule has 2 aromatic rings. The summed E-state index contributed by atoms with van der Waals surface area (Å²) in [6, 6.07) is 15.6. The topological polar surface area (TPSA) is 70.2 Å². The minimum atomic E-state index is -0.372. The van der Waals surface area contributed by atoms with Crippen LogP contribution >= 0.6 is 15.9 Å². The minimum Gasteiger partial charge on any atom is -0.339 e. The van der Waals surface area contributed by atoms with Gasteiger partial charge in [-0.3, -0.25) is 9.59 Å². The Morgan fingerprint density at radius 3 is 2.42 bits per heavy atom. The fourth-order valence-corrected chi connectivity index (χ4v) is 4.17. The van der Waals surface area contributed by atoms with E-state index in [-0.39, 0.29) is 42.2 Å². The van der Waals surface area contributed by atoms with Crippen LogP contribution in [0.15, 0.2) is 53.0 Å². The number of ketones is 1. The predicted octanol–water partition coefficient (Wildman–Crippen LogP) is 2.87. The van der Waals surface area contributed by atoms with Gasteiger partial charge in [0.2, 0.25) is 5.91 Å². The monoisotopic (exact) mass is 413 g/mol. The van der Waals surface area contributed by atoms with E-state index in [1.165, 1.54) is 5.56 Å². The number of carbonyl (C=O) groups excluding carboxylic acids is 2. The number of amides is 1. The standard InChI is InChI=1S/C20H20BrN3O2/c1-11-2-4-12(5-3-11)18-17-15(10-16(25)22-20(17)24-23-18)19(26)13-6-8-14(21)9-7-13/h2-9,15,17-18,20,23-24H,10H2,1H3,(H,22,25). The Bertz CT molecular complexity index is 835. The smallest absolute Gasteiger partial charge is 0.222 e. The maximum Gasteiger partial charge on any atom is 0.222 e. The second-order valence-corrected chi connectivity index (χ2v) is 7.90. The Balaban J connectivity index is 1.67. The molecule has 4 unspecified atom stereocenters. The van der Waals surface area contributed by atoms with Crippen LogP contribution in [-0.4, -0.2) is 17.9 Å². The molecule has 134 valence electrons. The lowest BCUT2D eigenvalue weighted by atomic mass is 9.74. The summed E-state index contributed by atoms with van der Waals surface area (Å²) in [4.78, 5) is 25.3. The molecule has 0 bridgehead atoms. The first kappa shape index (κ1) is 17.4. The number of hydrogen-bond acceptors (Lipinski definition) is 4. The molecular weight excluding hydrogens is 394 g/mol. The number of rotatable bonds is 3. The Kier molecular flexibility index (Phi) is 4.65. The van der Waals surface area contributed by atoms with E-state index in [0.29, 0.717) is 5.56 Å². The molecule has 1 amide bonds. The van der Waals surface area contributed by atoms with Crippen molar-refractivity contribution in [2.45, 2.75) is 25.6 Å². The Morgan fingerprint density at radius 2 is 1.73 bits per heavy atom. The summed E-state index contributed by atoms with van der Waals surface area (Å²) in [5.74, 6) is -0.499. The highest BCUT2D eigenvalue weighted by molar-refractivity contribution is 9.10. The number of carbonyl (C=O) groups is 2. The van der Waals surface area contributed by atoms with Gasteiger partial charge >= 0.3 is 0 Å². The summed E-state index contributed by atoms with van der Waals surface area (Å²) in [6.45, 7) is 2.05. The summed E-state index contributed by atoms with van der Waals surface area (Å²) < 4.78 is 0.926. The quantitative estimate of drug-likeness (QED) is 0.676. The van der Waals surface area contributed by atoms with Gasteiger partial charge in [-0.15, -0.1) is 0 Å². The average molecular weight is 414 g/mol. The van der Waals surface area contributed by atoms with Gasteiger partial charge in [-0.25, -0.2) is 10.9 Å². The molecule has 2 saturated heterocycles. The second-order valence-electron chi connectivity index (χ2n) is 6.98. The number of halogens is 1. The first-order valence-electron chi connectivity index (χ1n) is 8.70. The highest BCUT2D eigenvalue weighted by atomic mass is 79.9. The molecule has 5 nitrogen and oxygen atoms in total. The molecule has 2 fully saturated rings. The molecule has 3 N–H and O–H groups in total. The largest absolute Gasteiger partial charge is 0.339 e. The van der Waals surface area contributed by atoms with Crippen LogP contribution < -0.4 is 16.2 Å². The fraction of sp³-hybridized carbons (Fsp3) is 0.300. The predicted molar refractivity (Wildman–Crippen MR) is 102 cm³/mol. The van der Waals surface area contributed by atoms with Crippen LogP contribution in [0.2, 0.25) is 0 Å². The van der Waals surface area contributed by atoms with Crippen molar-refractivity contribution in [3.63, 3.8) is 0 Å². The first-order valence-corrected chi connectivity index (χ1v) is 9.49. The Labute approximate surface area is 160 Å². The van der Waals surface area contributed by atoms with E-state index in [1.54, 1.807) is 0 Å². The van der Waals surface area contributed by atoms with Crippen molar-refractivity contribution in [2.75, 3.05) is 0 Å². The lowest BCUT2D eigenvalue weighted by Gasteiger charge is -2.35. The third kappa shape index (κ3) is 3.20. The summed E-state index contributed by atoms with van der Waals surface area (Å²) in [5.41, 5.74) is 9.37. The maximum absolute atomic E-state index is 13.2. The second kappa shape index (κ2) is 6.95. The summed E-state index contributed by atoms with van der Waals surface area (Å²) in [7, 11) is 0. The third-order valence-electron chi connectivity index (χ3n) is 5.25. The van der Waals surface area contributed by atoms with Gasteiger partial charge in [0.25, 0.3) is 0 Å².